The number of hydrogen-bond acceptors (Lipinski definition) is 4. The Morgan fingerprint density at radius 2 is 2.11 bits per heavy atom. The highest BCUT2D eigenvalue weighted by Gasteiger charge is 2.05. The summed E-state index contributed by atoms with van der Waals surface area (Å²) in [5.41, 5.74) is 7.27. The van der Waals surface area contributed by atoms with Crippen LogP contribution in [0.1, 0.15) is 0 Å². The van der Waals surface area contributed by atoms with E-state index < -0.39 is 0 Å². The first kappa shape index (κ1) is 12.3. The Hall–Kier alpha value is -2.21. The molecule has 1 heterocycles. The molecule has 5 nitrogen and oxygen atoms in total. The Morgan fingerprint density at radius 1 is 1.39 bits per heavy atom. The summed E-state index contributed by atoms with van der Waals surface area (Å²) in [6.45, 7) is 0.359. The highest BCUT2D eigenvalue weighted by atomic mass is 19.1. The predicted molar refractivity (Wildman–Crippen MR) is 65.4 cm³/mol. The van der Waals surface area contributed by atoms with Gasteiger partial charge in [0.25, 0.3) is 0 Å². The van der Waals surface area contributed by atoms with Crippen LogP contribution in [0.15, 0.2) is 42.4 Å². The van der Waals surface area contributed by atoms with Gasteiger partial charge in [-0.05, 0) is 29.8 Å². The highest BCUT2D eigenvalue weighted by Crippen LogP contribution is 2.19. The molecule has 0 unspecified atom stereocenters. The molecule has 0 aliphatic carbocycles. The number of aromatic hydroxyl groups is 1. The molecule has 6 heteroatoms. The molecule has 0 aliphatic rings. The van der Waals surface area contributed by atoms with Crippen LogP contribution >= 0.6 is 0 Å². The lowest BCUT2D eigenvalue weighted by atomic mass is 10.2. The first-order chi connectivity index (χ1) is 8.72. The molecule has 1 aromatic carbocycles. The fourth-order valence-corrected chi connectivity index (χ4v) is 1.46. The zero-order valence-corrected chi connectivity index (χ0v) is 9.62. The van der Waals surface area contributed by atoms with Gasteiger partial charge < -0.3 is 10.8 Å². The maximum absolute atomic E-state index is 12.4. The van der Waals surface area contributed by atoms with Gasteiger partial charge in [0.1, 0.15) is 11.4 Å². The zero-order valence-electron chi connectivity index (χ0n) is 9.62. The van der Waals surface area contributed by atoms with Gasteiger partial charge in [-0.1, -0.05) is 0 Å². The standard InChI is InChI=1S/C12H13FN4O/c13-5-9(6-14)8-17-15-7-12(16-17)10-1-3-11(18)4-2-10/h1-5,7,18H,6,8,14H2/b9-5-. The molecule has 0 atom stereocenters. The third kappa shape index (κ3) is 2.72. The van der Waals surface area contributed by atoms with Gasteiger partial charge in [0, 0.05) is 12.1 Å². The van der Waals surface area contributed by atoms with E-state index in [1.165, 1.54) is 4.80 Å². The molecule has 2 aromatic rings. The molecule has 0 saturated carbocycles. The van der Waals surface area contributed by atoms with E-state index in [1.807, 2.05) is 0 Å². The number of phenolic OH excluding ortho intramolecular Hbond substituents is 1. The third-order valence-corrected chi connectivity index (χ3v) is 2.46. The molecule has 1 aromatic heterocycles. The molecular weight excluding hydrogens is 235 g/mol. The summed E-state index contributed by atoms with van der Waals surface area (Å²) in [4.78, 5) is 1.38. The second-order valence-electron chi connectivity index (χ2n) is 3.78. The minimum atomic E-state index is 0.132. The van der Waals surface area contributed by atoms with Crippen molar-refractivity contribution in [2.75, 3.05) is 6.54 Å². The average molecular weight is 248 g/mol. The van der Waals surface area contributed by atoms with Crippen LogP contribution in [-0.4, -0.2) is 26.6 Å². The number of rotatable bonds is 4. The van der Waals surface area contributed by atoms with Crippen LogP contribution in [-0.2, 0) is 6.54 Å². The van der Waals surface area contributed by atoms with Crippen molar-refractivity contribution < 1.29 is 9.50 Å². The topological polar surface area (TPSA) is 77.0 Å². The number of nitrogens with two attached hydrogens (primary N) is 1. The summed E-state index contributed by atoms with van der Waals surface area (Å²) in [5.74, 6) is 0.192. The Kier molecular flexibility index (Phi) is 3.69. The van der Waals surface area contributed by atoms with Crippen LogP contribution in [0.2, 0.25) is 0 Å². The summed E-state index contributed by atoms with van der Waals surface area (Å²) in [6.07, 6.45) is 2.06. The molecule has 0 amide bonds. The zero-order chi connectivity index (χ0) is 13.0. The van der Waals surface area contributed by atoms with Gasteiger partial charge in [-0.25, -0.2) is 4.39 Å². The maximum atomic E-state index is 12.4. The van der Waals surface area contributed by atoms with E-state index in [0.717, 1.165) is 5.56 Å². The van der Waals surface area contributed by atoms with E-state index in [2.05, 4.69) is 10.2 Å². The van der Waals surface area contributed by atoms with Crippen molar-refractivity contribution >= 4 is 0 Å². The largest absolute Gasteiger partial charge is 0.508 e. The summed E-state index contributed by atoms with van der Waals surface area (Å²) in [5, 5.41) is 17.4. The predicted octanol–water partition coefficient (Wildman–Crippen LogP) is 1.46. The van der Waals surface area contributed by atoms with Crippen LogP contribution in [0, 0.1) is 0 Å². The normalized spacial score (nSPS) is 11.8. The van der Waals surface area contributed by atoms with Crippen molar-refractivity contribution in [1.82, 2.24) is 15.0 Å². The second-order valence-corrected chi connectivity index (χ2v) is 3.78. The van der Waals surface area contributed by atoms with Gasteiger partial charge in [-0.2, -0.15) is 15.0 Å². The van der Waals surface area contributed by atoms with Gasteiger partial charge in [0.15, 0.2) is 0 Å². The molecule has 0 fully saturated rings. The van der Waals surface area contributed by atoms with Crippen LogP contribution in [0.3, 0.4) is 0 Å². The summed E-state index contributed by atoms with van der Waals surface area (Å²) < 4.78 is 12.4. The number of nitrogens with zero attached hydrogens (tertiary/aromatic N) is 3. The van der Waals surface area contributed by atoms with Crippen molar-refractivity contribution in [2.24, 2.45) is 5.73 Å². The number of benzene rings is 1. The summed E-state index contributed by atoms with van der Waals surface area (Å²) in [6, 6.07) is 6.61. The van der Waals surface area contributed by atoms with Crippen molar-refractivity contribution in [2.45, 2.75) is 6.54 Å². The monoisotopic (exact) mass is 248 g/mol. The van der Waals surface area contributed by atoms with Crippen molar-refractivity contribution in [3.63, 3.8) is 0 Å². The van der Waals surface area contributed by atoms with Gasteiger partial charge in [0.05, 0.1) is 19.1 Å². The fourth-order valence-electron chi connectivity index (χ4n) is 1.46. The molecule has 0 saturated heterocycles. The molecule has 18 heavy (non-hydrogen) atoms. The minimum Gasteiger partial charge on any atom is -0.508 e. The highest BCUT2D eigenvalue weighted by molar-refractivity contribution is 5.58. The quantitative estimate of drug-likeness (QED) is 0.858. The molecular formula is C12H13FN4O. The molecule has 0 aliphatic heterocycles. The van der Waals surface area contributed by atoms with Crippen LogP contribution < -0.4 is 5.73 Å². The minimum absolute atomic E-state index is 0.132. The number of aromatic nitrogens is 3. The molecule has 0 bridgehead atoms. The van der Waals surface area contributed by atoms with Crippen LogP contribution in [0.4, 0.5) is 4.39 Å². The SMILES string of the molecule is NC/C(=C/F)Cn1ncc(-c2ccc(O)cc2)n1. The second kappa shape index (κ2) is 5.42. The summed E-state index contributed by atoms with van der Waals surface area (Å²) >= 11 is 0. The fraction of sp³-hybridized carbons (Fsp3) is 0.167. The van der Waals surface area contributed by atoms with Gasteiger partial charge in [-0.3, -0.25) is 0 Å². The molecule has 2 rings (SSSR count). The Labute approximate surface area is 103 Å². The van der Waals surface area contributed by atoms with Crippen LogP contribution in [0.5, 0.6) is 5.75 Å². The summed E-state index contributed by atoms with van der Waals surface area (Å²) in [7, 11) is 0. The smallest absolute Gasteiger partial charge is 0.115 e. The first-order valence-corrected chi connectivity index (χ1v) is 5.40. The van der Waals surface area contributed by atoms with Crippen LogP contribution in [0.25, 0.3) is 11.3 Å². The van der Waals surface area contributed by atoms with E-state index in [4.69, 9.17) is 5.73 Å². The van der Waals surface area contributed by atoms with E-state index >= 15 is 0 Å². The Bertz CT molecular complexity index is 547. The molecule has 0 radical (unpaired) electrons. The van der Waals surface area contributed by atoms with E-state index in [0.29, 0.717) is 17.6 Å². The van der Waals surface area contributed by atoms with E-state index in [9.17, 15) is 9.50 Å². The molecule has 0 spiro atoms. The van der Waals surface area contributed by atoms with Crippen molar-refractivity contribution in [3.05, 3.63) is 42.4 Å². The lowest BCUT2D eigenvalue weighted by Crippen LogP contribution is -2.12. The maximum Gasteiger partial charge on any atom is 0.115 e. The number of phenols is 1. The number of halogens is 1. The Morgan fingerprint density at radius 3 is 2.72 bits per heavy atom. The first-order valence-electron chi connectivity index (χ1n) is 5.40. The van der Waals surface area contributed by atoms with E-state index in [-0.39, 0.29) is 18.8 Å². The average Bonchev–Trinajstić information content (AvgIpc) is 2.85. The van der Waals surface area contributed by atoms with Gasteiger partial charge >= 0.3 is 0 Å². The van der Waals surface area contributed by atoms with E-state index in [1.54, 1.807) is 30.5 Å². The Balaban J connectivity index is 2.17. The van der Waals surface area contributed by atoms with Crippen molar-refractivity contribution in [1.29, 1.82) is 0 Å². The third-order valence-electron chi connectivity index (χ3n) is 2.46. The van der Waals surface area contributed by atoms with Crippen molar-refractivity contribution in [3.8, 4) is 17.0 Å². The lowest BCUT2D eigenvalue weighted by molar-refractivity contribution is 0.475. The lowest BCUT2D eigenvalue weighted by Gasteiger charge is -2.01. The molecule has 3 N–H and O–H groups in total. The molecule has 94 valence electrons. The van der Waals surface area contributed by atoms with Gasteiger partial charge in [0.2, 0.25) is 0 Å². The number of hydrogen-bond donors (Lipinski definition) is 2. The van der Waals surface area contributed by atoms with Gasteiger partial charge in [-0.15, -0.1) is 0 Å².